The number of amides is 1. The molecule has 2 rings (SSSR count). The van der Waals surface area contributed by atoms with Crippen LogP contribution >= 0.6 is 12.4 Å². The molecule has 2 N–H and O–H groups in total. The van der Waals surface area contributed by atoms with Gasteiger partial charge in [0.15, 0.2) is 0 Å². The van der Waals surface area contributed by atoms with Crippen LogP contribution in [0.3, 0.4) is 0 Å². The molecule has 0 bridgehead atoms. The third-order valence-corrected chi connectivity index (χ3v) is 3.42. The Kier molecular flexibility index (Phi) is 5.26. The summed E-state index contributed by atoms with van der Waals surface area (Å²) in [5, 5.41) is 0. The molecule has 2 unspecified atom stereocenters. The van der Waals surface area contributed by atoms with E-state index in [9.17, 15) is 13.6 Å². The van der Waals surface area contributed by atoms with Crippen LogP contribution in [0.2, 0.25) is 0 Å². The van der Waals surface area contributed by atoms with E-state index in [1.165, 1.54) is 6.07 Å². The van der Waals surface area contributed by atoms with Crippen molar-refractivity contribution in [3.05, 3.63) is 35.4 Å². The van der Waals surface area contributed by atoms with E-state index in [0.717, 1.165) is 12.1 Å². The van der Waals surface area contributed by atoms with Gasteiger partial charge in [0.2, 0.25) is 0 Å². The van der Waals surface area contributed by atoms with Crippen LogP contribution in [0.5, 0.6) is 0 Å². The number of piperidine rings is 1. The van der Waals surface area contributed by atoms with Crippen molar-refractivity contribution < 1.29 is 13.6 Å². The van der Waals surface area contributed by atoms with Crippen LogP contribution < -0.4 is 5.73 Å². The van der Waals surface area contributed by atoms with E-state index < -0.39 is 17.5 Å². The Morgan fingerprint density at radius 1 is 1.42 bits per heavy atom. The van der Waals surface area contributed by atoms with Crippen molar-refractivity contribution in [1.29, 1.82) is 0 Å². The van der Waals surface area contributed by atoms with E-state index in [1.54, 1.807) is 4.90 Å². The Balaban J connectivity index is 0.00000180. The van der Waals surface area contributed by atoms with Crippen molar-refractivity contribution in [1.82, 2.24) is 4.90 Å². The summed E-state index contributed by atoms with van der Waals surface area (Å²) in [5.41, 5.74) is 5.78. The highest BCUT2D eigenvalue weighted by molar-refractivity contribution is 5.94. The summed E-state index contributed by atoms with van der Waals surface area (Å²) in [6.07, 6.45) is 0.704. The lowest BCUT2D eigenvalue weighted by atomic mass is 9.94. The Labute approximate surface area is 117 Å². The molecule has 6 heteroatoms. The molecule has 2 atom stereocenters. The van der Waals surface area contributed by atoms with Crippen molar-refractivity contribution in [2.75, 3.05) is 13.1 Å². The average Bonchev–Trinajstić information content (AvgIpc) is 2.32. The molecule has 0 aromatic heterocycles. The number of carbonyl (C=O) groups is 1. The number of likely N-dealkylation sites (tertiary alicyclic amines) is 1. The minimum absolute atomic E-state index is 0. The molecule has 1 aromatic rings. The average molecular weight is 291 g/mol. The van der Waals surface area contributed by atoms with Crippen LogP contribution in [0.4, 0.5) is 8.78 Å². The molecule has 1 aliphatic rings. The van der Waals surface area contributed by atoms with Gasteiger partial charge >= 0.3 is 0 Å². The quantitative estimate of drug-likeness (QED) is 0.862. The molecule has 1 amide bonds. The van der Waals surface area contributed by atoms with E-state index >= 15 is 0 Å². The lowest BCUT2D eigenvalue weighted by Gasteiger charge is -2.35. The normalized spacial score (nSPS) is 22.8. The first-order valence-corrected chi connectivity index (χ1v) is 5.99. The molecule has 3 nitrogen and oxygen atoms in total. The summed E-state index contributed by atoms with van der Waals surface area (Å²) < 4.78 is 26.3. The number of carbonyl (C=O) groups excluding carboxylic acids is 1. The Morgan fingerprint density at radius 2 is 2.11 bits per heavy atom. The fourth-order valence-corrected chi connectivity index (χ4v) is 2.18. The van der Waals surface area contributed by atoms with Gasteiger partial charge in [-0.15, -0.1) is 12.4 Å². The monoisotopic (exact) mass is 290 g/mol. The van der Waals surface area contributed by atoms with Crippen LogP contribution in [-0.4, -0.2) is 29.9 Å². The molecule has 1 aromatic carbocycles. The van der Waals surface area contributed by atoms with Gasteiger partial charge in [-0.3, -0.25) is 4.79 Å². The van der Waals surface area contributed by atoms with Crippen molar-refractivity contribution in [2.24, 2.45) is 11.7 Å². The van der Waals surface area contributed by atoms with E-state index in [0.29, 0.717) is 19.5 Å². The van der Waals surface area contributed by atoms with E-state index in [1.807, 2.05) is 6.92 Å². The summed E-state index contributed by atoms with van der Waals surface area (Å²) in [4.78, 5) is 13.7. The van der Waals surface area contributed by atoms with E-state index in [4.69, 9.17) is 5.73 Å². The smallest absolute Gasteiger partial charge is 0.256 e. The minimum Gasteiger partial charge on any atom is -0.338 e. The zero-order valence-electron chi connectivity index (χ0n) is 10.6. The van der Waals surface area contributed by atoms with Gasteiger partial charge in [0.05, 0.1) is 5.56 Å². The first-order valence-electron chi connectivity index (χ1n) is 5.99. The topological polar surface area (TPSA) is 46.3 Å². The van der Waals surface area contributed by atoms with Gasteiger partial charge in [-0.05, 0) is 24.5 Å². The Morgan fingerprint density at radius 3 is 2.68 bits per heavy atom. The maximum absolute atomic E-state index is 13.5. The predicted molar refractivity (Wildman–Crippen MR) is 71.3 cm³/mol. The van der Waals surface area contributed by atoms with Crippen molar-refractivity contribution >= 4 is 18.3 Å². The number of hydrogen-bond acceptors (Lipinski definition) is 2. The number of benzene rings is 1. The first kappa shape index (κ1) is 15.9. The highest BCUT2D eigenvalue weighted by Gasteiger charge is 2.28. The molecule has 0 radical (unpaired) electrons. The summed E-state index contributed by atoms with van der Waals surface area (Å²) >= 11 is 0. The molecule has 0 spiro atoms. The summed E-state index contributed by atoms with van der Waals surface area (Å²) in [6, 6.07) is 3.08. The van der Waals surface area contributed by atoms with Gasteiger partial charge in [-0.1, -0.05) is 6.92 Å². The number of hydrogen-bond donors (Lipinski definition) is 1. The van der Waals surface area contributed by atoms with Crippen molar-refractivity contribution in [3.8, 4) is 0 Å². The first-order chi connectivity index (χ1) is 8.49. The number of rotatable bonds is 1. The second kappa shape index (κ2) is 6.30. The second-order valence-electron chi connectivity index (χ2n) is 4.81. The van der Waals surface area contributed by atoms with Gasteiger partial charge in [0.25, 0.3) is 5.91 Å². The summed E-state index contributed by atoms with van der Waals surface area (Å²) in [7, 11) is 0. The van der Waals surface area contributed by atoms with Gasteiger partial charge in [-0.2, -0.15) is 0 Å². The van der Waals surface area contributed by atoms with Gasteiger partial charge < -0.3 is 10.6 Å². The van der Waals surface area contributed by atoms with Gasteiger partial charge in [0.1, 0.15) is 11.6 Å². The Bertz CT molecular complexity index is 470. The largest absolute Gasteiger partial charge is 0.338 e. The van der Waals surface area contributed by atoms with Crippen molar-refractivity contribution in [2.45, 2.75) is 19.4 Å². The molecule has 0 saturated carbocycles. The highest BCUT2D eigenvalue weighted by Crippen LogP contribution is 2.19. The lowest BCUT2D eigenvalue weighted by Crippen LogP contribution is -2.48. The lowest BCUT2D eigenvalue weighted by molar-refractivity contribution is 0.0659. The zero-order valence-corrected chi connectivity index (χ0v) is 11.4. The van der Waals surface area contributed by atoms with Crippen LogP contribution in [0, 0.1) is 17.6 Å². The summed E-state index contributed by atoms with van der Waals surface area (Å²) in [5.74, 6) is -1.71. The molecule has 1 aliphatic heterocycles. The fraction of sp³-hybridized carbons (Fsp3) is 0.462. The standard InChI is InChI=1S/C13H16F2N2O.ClH/c1-8-7-17(5-4-12(8)16)13(18)10-3-2-9(14)6-11(10)15;/h2-3,6,8,12H,4-5,7,16H2,1H3;1H. The van der Waals surface area contributed by atoms with Gasteiger partial charge in [0, 0.05) is 25.2 Å². The zero-order chi connectivity index (χ0) is 13.3. The fourth-order valence-electron chi connectivity index (χ4n) is 2.18. The van der Waals surface area contributed by atoms with Crippen LogP contribution in [0.15, 0.2) is 18.2 Å². The van der Waals surface area contributed by atoms with Crippen LogP contribution in [-0.2, 0) is 0 Å². The second-order valence-corrected chi connectivity index (χ2v) is 4.81. The molecular formula is C13H17ClF2N2O. The SMILES string of the molecule is CC1CN(C(=O)c2ccc(F)cc2F)CCC1N.Cl. The van der Waals surface area contributed by atoms with E-state index in [-0.39, 0.29) is 29.9 Å². The molecular weight excluding hydrogens is 274 g/mol. The molecule has 0 aliphatic carbocycles. The third-order valence-electron chi connectivity index (χ3n) is 3.42. The molecule has 19 heavy (non-hydrogen) atoms. The van der Waals surface area contributed by atoms with Crippen molar-refractivity contribution in [3.63, 3.8) is 0 Å². The molecule has 1 fully saturated rings. The maximum Gasteiger partial charge on any atom is 0.256 e. The number of nitrogens with two attached hydrogens (primary N) is 1. The predicted octanol–water partition coefficient (Wildman–Crippen LogP) is 2.20. The molecule has 1 heterocycles. The maximum atomic E-state index is 13.5. The number of halogens is 3. The minimum atomic E-state index is -0.817. The van der Waals surface area contributed by atoms with Crippen LogP contribution in [0.25, 0.3) is 0 Å². The van der Waals surface area contributed by atoms with Gasteiger partial charge in [-0.25, -0.2) is 8.78 Å². The third kappa shape index (κ3) is 3.42. The van der Waals surface area contributed by atoms with E-state index in [2.05, 4.69) is 0 Å². The molecule has 106 valence electrons. The summed E-state index contributed by atoms with van der Waals surface area (Å²) in [6.45, 7) is 2.99. The number of nitrogens with zero attached hydrogens (tertiary/aromatic N) is 1. The van der Waals surface area contributed by atoms with Crippen LogP contribution in [0.1, 0.15) is 23.7 Å². The Hall–Kier alpha value is -1.20. The molecule has 1 saturated heterocycles. The highest BCUT2D eigenvalue weighted by atomic mass is 35.5.